The van der Waals surface area contributed by atoms with Crippen LogP contribution in [0, 0.1) is 0 Å². The average Bonchev–Trinajstić information content (AvgIpc) is 2.99. The second-order valence-electron chi connectivity index (χ2n) is 4.91. The molecule has 3 rings (SSSR count). The molecule has 4 nitrogen and oxygen atoms in total. The van der Waals surface area contributed by atoms with Crippen LogP contribution in [0.25, 0.3) is 10.3 Å². The zero-order valence-electron chi connectivity index (χ0n) is 12.5. The molecule has 8 heteroatoms. The number of carbonyl (C=O) groups excluding carboxylic acids is 1. The van der Waals surface area contributed by atoms with Gasteiger partial charge in [0.05, 0.1) is 20.4 Å². The lowest BCUT2D eigenvalue weighted by molar-refractivity contribution is -0.116. The van der Waals surface area contributed by atoms with Gasteiger partial charge in [0.15, 0.2) is 9.99 Å². The molecule has 1 amide bonds. The lowest BCUT2D eigenvalue weighted by Crippen LogP contribution is -2.11. The minimum absolute atomic E-state index is 0.0780. The molecule has 2 aromatic heterocycles. The topological polar surface area (TPSA) is 54.9 Å². The van der Waals surface area contributed by atoms with E-state index in [2.05, 4.69) is 15.3 Å². The van der Waals surface area contributed by atoms with Crippen molar-refractivity contribution in [3.8, 4) is 0 Å². The van der Waals surface area contributed by atoms with Crippen LogP contribution < -0.4 is 5.32 Å². The van der Waals surface area contributed by atoms with Gasteiger partial charge in [-0.15, -0.1) is 11.3 Å². The molecule has 2 heterocycles. The lowest BCUT2D eigenvalue weighted by Gasteiger charge is -2.07. The van der Waals surface area contributed by atoms with E-state index in [4.69, 9.17) is 23.2 Å². The van der Waals surface area contributed by atoms with Gasteiger partial charge in [-0.1, -0.05) is 41.0 Å². The van der Waals surface area contributed by atoms with Crippen LogP contribution in [0.4, 0.5) is 5.69 Å². The van der Waals surface area contributed by atoms with Crippen molar-refractivity contribution >= 4 is 68.2 Å². The fourth-order valence-corrected chi connectivity index (χ4v) is 4.39. The molecule has 0 radical (unpaired) electrons. The molecule has 0 unspecified atom stereocenters. The van der Waals surface area contributed by atoms with Crippen LogP contribution in [0.1, 0.15) is 12.8 Å². The number of nitrogens with one attached hydrogen (secondary N) is 1. The zero-order valence-corrected chi connectivity index (χ0v) is 15.6. The number of thiazole rings is 1. The fraction of sp³-hybridized carbons (Fsp3) is 0.188. The molecular formula is C16H13Cl2N3OS2. The van der Waals surface area contributed by atoms with Gasteiger partial charge in [-0.25, -0.2) is 9.97 Å². The highest BCUT2D eigenvalue weighted by atomic mass is 35.5. The monoisotopic (exact) mass is 397 g/mol. The molecular weight excluding hydrogens is 385 g/mol. The van der Waals surface area contributed by atoms with E-state index in [0.717, 1.165) is 26.9 Å². The largest absolute Gasteiger partial charge is 0.325 e. The number of thioether (sulfide) groups is 1. The molecule has 0 spiro atoms. The Balaban J connectivity index is 1.46. The Morgan fingerprint density at radius 2 is 2.12 bits per heavy atom. The Bertz CT molecular complexity index is 836. The number of aromatic nitrogens is 2. The van der Waals surface area contributed by atoms with E-state index in [1.807, 2.05) is 12.1 Å². The summed E-state index contributed by atoms with van der Waals surface area (Å²) in [6.07, 6.45) is 2.90. The van der Waals surface area contributed by atoms with Gasteiger partial charge < -0.3 is 5.32 Å². The van der Waals surface area contributed by atoms with Crippen molar-refractivity contribution in [3.05, 3.63) is 46.6 Å². The molecule has 0 saturated carbocycles. The van der Waals surface area contributed by atoms with E-state index < -0.39 is 0 Å². The van der Waals surface area contributed by atoms with Crippen LogP contribution in [0.2, 0.25) is 10.0 Å². The number of hydrogen-bond acceptors (Lipinski definition) is 5. The highest BCUT2D eigenvalue weighted by Gasteiger charge is 2.09. The maximum Gasteiger partial charge on any atom is 0.224 e. The lowest BCUT2D eigenvalue weighted by atomic mass is 10.3. The molecule has 1 N–H and O–H groups in total. The molecule has 124 valence electrons. The summed E-state index contributed by atoms with van der Waals surface area (Å²) in [4.78, 5) is 20.7. The Morgan fingerprint density at radius 1 is 1.25 bits per heavy atom. The first kappa shape index (κ1) is 17.5. The summed E-state index contributed by atoms with van der Waals surface area (Å²) in [7, 11) is 0. The van der Waals surface area contributed by atoms with Crippen molar-refractivity contribution in [2.75, 3.05) is 11.1 Å². The predicted molar refractivity (Wildman–Crippen MR) is 102 cm³/mol. The summed E-state index contributed by atoms with van der Waals surface area (Å²) in [5, 5.41) is 3.57. The summed E-state index contributed by atoms with van der Waals surface area (Å²) in [5.74, 6) is 0.738. The Morgan fingerprint density at radius 3 is 2.96 bits per heavy atom. The van der Waals surface area contributed by atoms with Crippen LogP contribution >= 0.6 is 46.3 Å². The van der Waals surface area contributed by atoms with E-state index in [1.54, 1.807) is 47.5 Å². The highest BCUT2D eigenvalue weighted by Crippen LogP contribution is 2.30. The van der Waals surface area contributed by atoms with Crippen LogP contribution in [0.3, 0.4) is 0 Å². The Labute approximate surface area is 157 Å². The maximum absolute atomic E-state index is 12.0. The number of halogens is 2. The molecule has 24 heavy (non-hydrogen) atoms. The number of nitrogens with zero attached hydrogens (tertiary/aromatic N) is 2. The van der Waals surface area contributed by atoms with Crippen LogP contribution in [0.15, 0.2) is 40.9 Å². The molecule has 0 bridgehead atoms. The number of benzene rings is 1. The van der Waals surface area contributed by atoms with E-state index in [1.165, 1.54) is 0 Å². The van der Waals surface area contributed by atoms with E-state index in [-0.39, 0.29) is 5.91 Å². The highest BCUT2D eigenvalue weighted by molar-refractivity contribution is 8.01. The first-order valence-corrected chi connectivity index (χ1v) is 9.77. The van der Waals surface area contributed by atoms with E-state index in [0.29, 0.717) is 22.2 Å². The van der Waals surface area contributed by atoms with Crippen LogP contribution in [-0.2, 0) is 4.79 Å². The molecule has 0 atom stereocenters. The third-order valence-corrected chi connectivity index (χ3v) is 6.20. The smallest absolute Gasteiger partial charge is 0.224 e. The van der Waals surface area contributed by atoms with Crippen molar-refractivity contribution in [2.45, 2.75) is 17.2 Å². The standard InChI is InChI=1S/C16H13Cl2N3OS2/c17-10-4-1-5-11(14(10)18)20-13(22)7-3-9-23-16-21-15-12(24-16)6-2-8-19-15/h1-2,4-6,8H,3,7,9H2,(H,20,22). The van der Waals surface area contributed by atoms with Gasteiger partial charge in [-0.05, 0) is 30.7 Å². The number of hydrogen-bond donors (Lipinski definition) is 1. The van der Waals surface area contributed by atoms with Gasteiger partial charge in [0.1, 0.15) is 0 Å². The van der Waals surface area contributed by atoms with Gasteiger partial charge in [0.25, 0.3) is 0 Å². The van der Waals surface area contributed by atoms with Gasteiger partial charge >= 0.3 is 0 Å². The summed E-state index contributed by atoms with van der Waals surface area (Å²) >= 11 is 15.2. The zero-order chi connectivity index (χ0) is 16.9. The molecule has 0 aliphatic heterocycles. The third kappa shape index (κ3) is 4.39. The van der Waals surface area contributed by atoms with Crippen molar-refractivity contribution in [2.24, 2.45) is 0 Å². The predicted octanol–water partition coefficient (Wildman–Crippen LogP) is 5.51. The molecule has 0 aliphatic carbocycles. The van der Waals surface area contributed by atoms with Crippen molar-refractivity contribution in [3.63, 3.8) is 0 Å². The summed E-state index contributed by atoms with van der Waals surface area (Å²) in [6, 6.07) is 9.07. The minimum Gasteiger partial charge on any atom is -0.325 e. The second kappa shape index (κ2) is 8.16. The number of anilines is 1. The van der Waals surface area contributed by atoms with Gasteiger partial charge in [0, 0.05) is 18.4 Å². The quantitative estimate of drug-likeness (QED) is 0.440. The van der Waals surface area contributed by atoms with Gasteiger partial charge in [-0.3, -0.25) is 4.79 Å². The normalized spacial score (nSPS) is 10.9. The summed E-state index contributed by atoms with van der Waals surface area (Å²) in [5.41, 5.74) is 1.32. The van der Waals surface area contributed by atoms with Gasteiger partial charge in [-0.2, -0.15) is 0 Å². The SMILES string of the molecule is O=C(CCCSc1nc2ncccc2s1)Nc1cccc(Cl)c1Cl. The Kier molecular flexibility index (Phi) is 5.94. The number of amides is 1. The van der Waals surface area contributed by atoms with Crippen LogP contribution in [-0.4, -0.2) is 21.6 Å². The molecule has 0 aliphatic rings. The molecule has 0 saturated heterocycles. The molecule has 1 aromatic carbocycles. The van der Waals surface area contributed by atoms with Gasteiger partial charge in [0.2, 0.25) is 5.91 Å². The number of carbonyl (C=O) groups is 1. The van der Waals surface area contributed by atoms with E-state index >= 15 is 0 Å². The third-order valence-electron chi connectivity index (χ3n) is 3.14. The maximum atomic E-state index is 12.0. The molecule has 3 aromatic rings. The Hall–Kier alpha value is -1.34. The van der Waals surface area contributed by atoms with Crippen molar-refractivity contribution < 1.29 is 4.79 Å². The number of pyridine rings is 1. The number of fused-ring (bicyclic) bond motifs is 1. The minimum atomic E-state index is -0.0780. The summed E-state index contributed by atoms with van der Waals surface area (Å²) in [6.45, 7) is 0. The van der Waals surface area contributed by atoms with Crippen LogP contribution in [0.5, 0.6) is 0 Å². The first-order valence-electron chi connectivity index (χ1n) is 7.22. The average molecular weight is 398 g/mol. The first-order chi connectivity index (χ1) is 11.6. The molecule has 0 fully saturated rings. The number of rotatable bonds is 6. The summed E-state index contributed by atoms with van der Waals surface area (Å²) < 4.78 is 2.05. The fourth-order valence-electron chi connectivity index (χ4n) is 2.02. The van der Waals surface area contributed by atoms with Crippen molar-refractivity contribution in [1.82, 2.24) is 9.97 Å². The second-order valence-corrected chi connectivity index (χ2v) is 8.06. The van der Waals surface area contributed by atoms with E-state index in [9.17, 15) is 4.79 Å². The van der Waals surface area contributed by atoms with Crippen molar-refractivity contribution in [1.29, 1.82) is 0 Å².